The number of anilines is 1. The van der Waals surface area contributed by atoms with Crippen LogP contribution < -0.4 is 9.64 Å². The van der Waals surface area contributed by atoms with Crippen LogP contribution in [0.15, 0.2) is 12.1 Å². The fourth-order valence-electron chi connectivity index (χ4n) is 2.89. The smallest absolute Gasteiger partial charge is 0.390 e. The lowest BCUT2D eigenvalue weighted by molar-refractivity contribution is -0.154. The average Bonchev–Trinajstić information content (AvgIpc) is 2.50. The Bertz CT molecular complexity index is 568. The number of hydrogen-bond donors (Lipinski definition) is 0. The molecule has 20 heavy (non-hydrogen) atoms. The highest BCUT2D eigenvalue weighted by Crippen LogP contribution is 2.49. The number of ether oxygens (including phenoxy) is 1. The summed E-state index contributed by atoms with van der Waals surface area (Å²) in [6.45, 7) is 3.09. The number of fused-ring (bicyclic) bond motifs is 1. The largest absolute Gasteiger partial charge is 0.497 e. The van der Waals surface area contributed by atoms with Gasteiger partial charge in [0.25, 0.3) is 0 Å². The zero-order valence-corrected chi connectivity index (χ0v) is 11.8. The molecule has 1 heterocycles. The molecule has 0 saturated heterocycles. The van der Waals surface area contributed by atoms with E-state index in [1.54, 1.807) is 13.0 Å². The summed E-state index contributed by atoms with van der Waals surface area (Å²) >= 11 is 0. The van der Waals surface area contributed by atoms with Crippen molar-refractivity contribution in [2.45, 2.75) is 31.9 Å². The van der Waals surface area contributed by atoms with Crippen molar-refractivity contribution in [1.82, 2.24) is 0 Å². The van der Waals surface area contributed by atoms with E-state index in [1.807, 2.05) is 0 Å². The zero-order valence-electron chi connectivity index (χ0n) is 11.8. The van der Waals surface area contributed by atoms with Gasteiger partial charge in [-0.15, -0.1) is 0 Å². The fourth-order valence-corrected chi connectivity index (χ4v) is 2.89. The summed E-state index contributed by atoms with van der Waals surface area (Å²) in [5, 5.41) is 0. The second kappa shape index (κ2) is 4.40. The van der Waals surface area contributed by atoms with Crippen molar-refractivity contribution in [3.8, 4) is 5.75 Å². The lowest BCUT2D eigenvalue weighted by Gasteiger charge is -2.24. The molecule has 0 aliphatic carbocycles. The Morgan fingerprint density at radius 3 is 2.45 bits per heavy atom. The van der Waals surface area contributed by atoms with Gasteiger partial charge in [-0.3, -0.25) is 4.79 Å². The third kappa shape index (κ3) is 2.13. The van der Waals surface area contributed by atoms with Crippen LogP contribution in [0.25, 0.3) is 0 Å². The minimum absolute atomic E-state index is 0.374. The van der Waals surface area contributed by atoms with Gasteiger partial charge in [0.05, 0.1) is 24.6 Å². The summed E-state index contributed by atoms with van der Waals surface area (Å²) in [6.07, 6.45) is -5.59. The molecule has 0 spiro atoms. The number of alkyl halides is 3. The van der Waals surface area contributed by atoms with Gasteiger partial charge in [0.2, 0.25) is 5.91 Å². The van der Waals surface area contributed by atoms with Gasteiger partial charge in [-0.05, 0) is 37.1 Å². The molecular formula is C14H16F3NO2. The number of benzene rings is 1. The van der Waals surface area contributed by atoms with Crippen LogP contribution >= 0.6 is 0 Å². The van der Waals surface area contributed by atoms with E-state index in [1.165, 1.54) is 32.0 Å². The molecular weight excluding hydrogens is 271 g/mol. The van der Waals surface area contributed by atoms with Crippen molar-refractivity contribution < 1.29 is 22.7 Å². The standard InChI is InChI=1S/C14H16F3NO2/c1-8-5-9(20-4)6-10-11(8)18(3)12(19)13(10,2)7-14(15,16)17/h5-6H,7H2,1-4H3. The summed E-state index contributed by atoms with van der Waals surface area (Å²) in [5.41, 5.74) is 0.0459. The Morgan fingerprint density at radius 2 is 1.95 bits per heavy atom. The first kappa shape index (κ1) is 14.7. The third-order valence-corrected chi connectivity index (χ3v) is 3.77. The van der Waals surface area contributed by atoms with Crippen molar-refractivity contribution in [1.29, 1.82) is 0 Å². The molecule has 6 heteroatoms. The number of rotatable bonds is 2. The molecule has 1 aliphatic rings. The molecule has 0 aromatic heterocycles. The van der Waals surface area contributed by atoms with Crippen LogP contribution in [0.3, 0.4) is 0 Å². The van der Waals surface area contributed by atoms with Crippen LogP contribution in [0, 0.1) is 6.92 Å². The monoisotopic (exact) mass is 287 g/mol. The van der Waals surface area contributed by atoms with Crippen molar-refractivity contribution in [2.75, 3.05) is 19.1 Å². The number of methoxy groups -OCH3 is 1. The Labute approximate surface area is 115 Å². The van der Waals surface area contributed by atoms with E-state index < -0.39 is 23.9 Å². The number of likely N-dealkylation sites (N-methyl/N-ethyl adjacent to an activating group) is 1. The van der Waals surface area contributed by atoms with Crippen molar-refractivity contribution in [3.63, 3.8) is 0 Å². The maximum absolute atomic E-state index is 12.8. The summed E-state index contributed by atoms with van der Waals surface area (Å²) < 4.78 is 43.6. The SMILES string of the molecule is COc1cc(C)c2c(c1)C(C)(CC(F)(F)F)C(=O)N2C. The maximum Gasteiger partial charge on any atom is 0.390 e. The summed E-state index contributed by atoms with van der Waals surface area (Å²) in [5.74, 6) is -0.0843. The van der Waals surface area contributed by atoms with Crippen molar-refractivity contribution in [3.05, 3.63) is 23.3 Å². The van der Waals surface area contributed by atoms with Gasteiger partial charge in [0.15, 0.2) is 0 Å². The topological polar surface area (TPSA) is 29.5 Å². The molecule has 2 rings (SSSR count). The van der Waals surface area contributed by atoms with Gasteiger partial charge in [0, 0.05) is 7.05 Å². The molecule has 0 fully saturated rings. The number of hydrogen-bond acceptors (Lipinski definition) is 2. The molecule has 3 nitrogen and oxygen atoms in total. The van der Waals surface area contributed by atoms with Gasteiger partial charge >= 0.3 is 6.18 Å². The van der Waals surface area contributed by atoms with E-state index in [0.717, 1.165) is 5.56 Å². The summed E-state index contributed by atoms with van der Waals surface area (Å²) in [4.78, 5) is 13.6. The van der Waals surface area contributed by atoms with E-state index in [4.69, 9.17) is 4.74 Å². The Balaban J connectivity index is 2.65. The van der Waals surface area contributed by atoms with Gasteiger partial charge < -0.3 is 9.64 Å². The molecule has 1 amide bonds. The van der Waals surface area contributed by atoms with Gasteiger partial charge in [0.1, 0.15) is 5.75 Å². The Kier molecular flexibility index (Phi) is 3.23. The molecule has 0 N–H and O–H groups in total. The molecule has 1 aliphatic heterocycles. The predicted molar refractivity (Wildman–Crippen MR) is 69.2 cm³/mol. The molecule has 110 valence electrons. The molecule has 1 atom stereocenters. The van der Waals surface area contributed by atoms with E-state index in [2.05, 4.69) is 0 Å². The lowest BCUT2D eigenvalue weighted by Crippen LogP contribution is -2.39. The number of carbonyl (C=O) groups excluding carboxylic acids is 1. The van der Waals surface area contributed by atoms with Gasteiger partial charge in [-0.25, -0.2) is 0 Å². The normalized spacial score (nSPS) is 22.1. The third-order valence-electron chi connectivity index (χ3n) is 3.77. The molecule has 1 unspecified atom stereocenters. The van der Waals surface area contributed by atoms with Gasteiger partial charge in [-0.1, -0.05) is 0 Å². The first-order valence-corrected chi connectivity index (χ1v) is 6.14. The first-order chi connectivity index (χ1) is 9.10. The molecule has 0 bridgehead atoms. The quantitative estimate of drug-likeness (QED) is 0.836. The fraction of sp³-hybridized carbons (Fsp3) is 0.500. The highest BCUT2D eigenvalue weighted by atomic mass is 19.4. The predicted octanol–water partition coefficient (Wildman–Crippen LogP) is 3.19. The van der Waals surface area contributed by atoms with Crippen molar-refractivity contribution in [2.24, 2.45) is 0 Å². The molecule has 1 aromatic rings. The summed E-state index contributed by atoms with van der Waals surface area (Å²) in [6, 6.07) is 3.23. The van der Waals surface area contributed by atoms with Crippen LogP contribution in [0.5, 0.6) is 5.75 Å². The number of nitrogens with zero attached hydrogens (tertiary/aromatic N) is 1. The highest BCUT2D eigenvalue weighted by molar-refractivity contribution is 6.08. The second-order valence-electron chi connectivity index (χ2n) is 5.33. The highest BCUT2D eigenvalue weighted by Gasteiger charge is 2.52. The first-order valence-electron chi connectivity index (χ1n) is 6.14. The molecule has 0 radical (unpaired) electrons. The second-order valence-corrected chi connectivity index (χ2v) is 5.33. The Morgan fingerprint density at radius 1 is 1.35 bits per heavy atom. The minimum atomic E-state index is -4.41. The Hall–Kier alpha value is -1.72. The minimum Gasteiger partial charge on any atom is -0.497 e. The molecule has 1 aromatic carbocycles. The number of aryl methyl sites for hydroxylation is 1. The van der Waals surface area contributed by atoms with E-state index in [9.17, 15) is 18.0 Å². The summed E-state index contributed by atoms with van der Waals surface area (Å²) in [7, 11) is 2.95. The van der Waals surface area contributed by atoms with E-state index in [-0.39, 0.29) is 0 Å². The average molecular weight is 287 g/mol. The van der Waals surface area contributed by atoms with Crippen LogP contribution in [0.1, 0.15) is 24.5 Å². The lowest BCUT2D eigenvalue weighted by atomic mass is 9.80. The van der Waals surface area contributed by atoms with Gasteiger partial charge in [-0.2, -0.15) is 13.2 Å². The molecule has 0 saturated carbocycles. The van der Waals surface area contributed by atoms with E-state index >= 15 is 0 Å². The van der Waals surface area contributed by atoms with Crippen LogP contribution in [0.4, 0.5) is 18.9 Å². The van der Waals surface area contributed by atoms with E-state index in [0.29, 0.717) is 17.0 Å². The van der Waals surface area contributed by atoms with Crippen LogP contribution in [0.2, 0.25) is 0 Å². The number of amides is 1. The number of halogens is 3. The van der Waals surface area contributed by atoms with Crippen molar-refractivity contribution >= 4 is 11.6 Å². The maximum atomic E-state index is 12.8. The van der Waals surface area contributed by atoms with Crippen LogP contribution in [-0.2, 0) is 10.2 Å². The number of carbonyl (C=O) groups is 1. The zero-order chi connectivity index (χ0) is 15.3. The van der Waals surface area contributed by atoms with Crippen LogP contribution in [-0.4, -0.2) is 26.2 Å².